The fourth-order valence-electron chi connectivity index (χ4n) is 0.438. The van der Waals surface area contributed by atoms with Gasteiger partial charge in [0, 0.05) is 11.7 Å². The van der Waals surface area contributed by atoms with Gasteiger partial charge in [-0.1, -0.05) is 0 Å². The smallest absolute Gasteiger partial charge is 0.435 e. The fourth-order valence-corrected chi connectivity index (χ4v) is 1.62. The number of nitrogens with zero attached hydrogens (tertiary/aromatic N) is 3. The van der Waals surface area contributed by atoms with E-state index in [2.05, 4.69) is 20.0 Å². The summed E-state index contributed by atoms with van der Waals surface area (Å²) in [6, 6.07) is 0. The van der Waals surface area contributed by atoms with E-state index in [1.54, 1.807) is 0 Å². The molecule has 0 rings (SSSR count). The van der Waals surface area contributed by atoms with Crippen LogP contribution in [0.1, 0.15) is 0 Å². The summed E-state index contributed by atoms with van der Waals surface area (Å²) in [5.74, 6) is -4.76. The third-order valence-electron chi connectivity index (χ3n) is 1.19. The van der Waals surface area contributed by atoms with Crippen LogP contribution in [0.5, 0.6) is 0 Å². The Morgan fingerprint density at radius 1 is 1.47 bits per heavy atom. The SMILES string of the molecule is N#COS(O)(S)(C#N)(OC(=O)C(=O)O)[N+](=O)[O-]. The van der Waals surface area contributed by atoms with Crippen molar-refractivity contribution in [1.29, 1.82) is 10.5 Å². The zero-order chi connectivity index (χ0) is 14.0. The Balaban J connectivity index is 6.02. The van der Waals surface area contributed by atoms with E-state index in [4.69, 9.17) is 15.6 Å². The molecule has 0 heterocycles. The maximum absolute atomic E-state index is 10.7. The maximum Gasteiger partial charge on any atom is 0.435 e. The summed E-state index contributed by atoms with van der Waals surface area (Å²) in [4.78, 5) is 31.4. The second-order valence-electron chi connectivity index (χ2n) is 2.37. The van der Waals surface area contributed by atoms with Crippen LogP contribution in [0, 0.1) is 32.3 Å². The molecule has 0 amide bonds. The molecule has 0 atom stereocenters. The highest BCUT2D eigenvalue weighted by Crippen LogP contribution is 2.91. The van der Waals surface area contributed by atoms with Crippen LogP contribution in [0.25, 0.3) is 0 Å². The third-order valence-corrected chi connectivity index (χ3v) is 4.31. The van der Waals surface area contributed by atoms with Crippen molar-refractivity contribution in [3.8, 4) is 11.7 Å². The molecule has 0 bridgehead atoms. The van der Waals surface area contributed by atoms with E-state index in [-0.39, 0.29) is 0 Å². The van der Waals surface area contributed by atoms with E-state index in [1.807, 2.05) is 0 Å². The Bertz CT molecular complexity index is 514. The van der Waals surface area contributed by atoms with Crippen LogP contribution in [0.3, 0.4) is 0 Å². The lowest BCUT2D eigenvalue weighted by Crippen LogP contribution is -2.42. The van der Waals surface area contributed by atoms with E-state index < -0.39 is 24.6 Å². The monoisotopic (exact) mass is 285 g/mol. The first-order chi connectivity index (χ1) is 7.46. The normalized spacial score (nSPS) is 14.1. The number of nitriles is 2. The van der Waals surface area contributed by atoms with Gasteiger partial charge in [-0.15, -0.1) is 5.26 Å². The van der Waals surface area contributed by atoms with Gasteiger partial charge in [0.2, 0.25) is 0 Å². The Kier molecular flexibility index (Phi) is 2.94. The molecule has 2 N–H and O–H groups in total. The van der Waals surface area contributed by atoms with E-state index in [9.17, 15) is 24.3 Å². The van der Waals surface area contributed by atoms with Gasteiger partial charge in [0.15, 0.2) is 4.33 Å². The number of hydrogen-bond acceptors (Lipinski definition) is 10. The predicted octanol–water partition coefficient (Wildman–Crippen LogP) is -0.192. The van der Waals surface area contributed by atoms with Gasteiger partial charge in [-0.2, -0.15) is 5.26 Å². The minimum atomic E-state index is -7.27. The second kappa shape index (κ2) is 3.39. The number of thiocyanates is 1. The van der Waals surface area contributed by atoms with Crippen molar-refractivity contribution in [3.63, 3.8) is 0 Å². The minimum absolute atomic E-state index is 0.442. The summed E-state index contributed by atoms with van der Waals surface area (Å²) in [6.07, 6.45) is 0.558. The number of carboxylic acid groups (broad SMARTS) is 1. The molecule has 0 fully saturated rings. The molecule has 94 valence electrons. The molecule has 0 aromatic carbocycles. The van der Waals surface area contributed by atoms with Gasteiger partial charge in [0.05, 0.1) is 0 Å². The lowest BCUT2D eigenvalue weighted by atomic mass is 10.7. The molecule has 0 aliphatic carbocycles. The molecule has 0 aliphatic rings. The van der Waals surface area contributed by atoms with Crippen LogP contribution in [-0.2, 0) is 18.0 Å². The molecule has 0 saturated carbocycles. The van der Waals surface area contributed by atoms with Crippen LogP contribution in [0.15, 0.2) is 0 Å². The van der Waals surface area contributed by atoms with Crippen molar-refractivity contribution < 1.29 is 31.9 Å². The van der Waals surface area contributed by atoms with Gasteiger partial charge in [-0.05, 0) is 0 Å². The molecule has 0 aromatic heterocycles. The van der Waals surface area contributed by atoms with E-state index in [0.717, 1.165) is 0 Å². The van der Waals surface area contributed by atoms with Crippen molar-refractivity contribution in [2.24, 2.45) is 0 Å². The fraction of sp³-hybridized carbons (Fsp3) is 0. The number of carbonyl (C=O) groups excluding carboxylic acids is 1. The minimum Gasteiger partial charge on any atom is -0.473 e. The Labute approximate surface area is 96.7 Å². The lowest BCUT2D eigenvalue weighted by Gasteiger charge is -2.50. The number of aliphatic carboxylic acids is 1. The number of carbonyl (C=O) groups is 2. The molecular formula is C4H3N3O8S2. The average Bonchev–Trinajstić information content (AvgIpc) is 2.18. The molecule has 17 heavy (non-hydrogen) atoms. The summed E-state index contributed by atoms with van der Waals surface area (Å²) in [6.45, 7) is 0. The highest BCUT2D eigenvalue weighted by molar-refractivity contribution is 9.00. The second-order valence-corrected chi connectivity index (χ2v) is 8.00. The molecule has 0 saturated heterocycles. The van der Waals surface area contributed by atoms with Crippen LogP contribution in [0.4, 0.5) is 0 Å². The van der Waals surface area contributed by atoms with E-state index >= 15 is 0 Å². The van der Waals surface area contributed by atoms with Crippen molar-refractivity contribution in [2.75, 3.05) is 0 Å². The first-order valence-electron chi connectivity index (χ1n) is 3.19. The van der Waals surface area contributed by atoms with E-state index in [0.29, 0.717) is 11.7 Å². The lowest BCUT2D eigenvalue weighted by molar-refractivity contribution is -0.343. The Hall–Kier alpha value is -2.22. The van der Waals surface area contributed by atoms with Crippen molar-refractivity contribution >= 4 is 32.0 Å². The number of hydrogen-bond donors (Lipinski definition) is 3. The quantitative estimate of drug-likeness (QED) is 0.157. The number of carboxylic acids is 1. The summed E-state index contributed by atoms with van der Waals surface area (Å²) in [5, 5.41) is 35.8. The predicted molar refractivity (Wildman–Crippen MR) is 52.2 cm³/mol. The van der Waals surface area contributed by atoms with Crippen molar-refractivity contribution in [2.45, 2.75) is 0 Å². The molecule has 11 nitrogen and oxygen atoms in total. The molecular weight excluding hydrogens is 282 g/mol. The largest absolute Gasteiger partial charge is 0.473 e. The molecule has 0 aliphatic heterocycles. The number of thiol groups is 1. The maximum atomic E-state index is 10.7. The van der Waals surface area contributed by atoms with Gasteiger partial charge in [-0.25, -0.2) is 24.3 Å². The van der Waals surface area contributed by atoms with Gasteiger partial charge in [0.25, 0.3) is 5.40 Å². The van der Waals surface area contributed by atoms with Crippen molar-refractivity contribution in [3.05, 3.63) is 10.1 Å². The van der Waals surface area contributed by atoms with Crippen LogP contribution in [0.2, 0.25) is 0 Å². The Morgan fingerprint density at radius 2 is 1.94 bits per heavy atom. The summed E-state index contributed by atoms with van der Waals surface area (Å²) in [7, 11) is -7.27. The van der Waals surface area contributed by atoms with Gasteiger partial charge >= 0.3 is 26.5 Å². The van der Waals surface area contributed by atoms with Crippen LogP contribution in [-0.4, -0.2) is 25.9 Å². The zero-order valence-corrected chi connectivity index (χ0v) is 9.25. The molecule has 0 spiro atoms. The van der Waals surface area contributed by atoms with Crippen LogP contribution < -0.4 is 0 Å². The highest BCUT2D eigenvalue weighted by Gasteiger charge is 2.74. The number of rotatable bonds is 3. The van der Waals surface area contributed by atoms with Gasteiger partial charge in [0.1, 0.15) is 0 Å². The molecule has 13 heteroatoms. The zero-order valence-electron chi connectivity index (χ0n) is 7.54. The standard InChI is InChI=1S/C4H3N3O8S2/c5-1-14-17(13,16,2-6,7(11)12)15-4(10)3(8)9/h13,16H,(H,8,9). The first kappa shape index (κ1) is 14.8. The molecule has 0 radical (unpaired) electrons. The summed E-state index contributed by atoms with van der Waals surface area (Å²) >= 11 is 2.84. The summed E-state index contributed by atoms with van der Waals surface area (Å²) < 4.78 is 14.6. The topological polar surface area (TPSA) is 184 Å². The third kappa shape index (κ3) is 2.16. The van der Waals surface area contributed by atoms with E-state index in [1.165, 1.54) is 0 Å². The molecule has 0 aromatic rings. The molecule has 0 unspecified atom stereocenters. The average molecular weight is 285 g/mol. The van der Waals surface area contributed by atoms with Crippen LogP contribution >= 0.6 is 20.0 Å². The summed E-state index contributed by atoms with van der Waals surface area (Å²) in [5.41, 5.74) is 0. The first-order valence-corrected chi connectivity index (χ1v) is 6.45. The highest BCUT2D eigenvalue weighted by atomic mass is 33.2. The van der Waals surface area contributed by atoms with Gasteiger partial charge in [-0.3, -0.25) is 4.18 Å². The Morgan fingerprint density at radius 3 is 2.18 bits per heavy atom. The van der Waals surface area contributed by atoms with Gasteiger partial charge < -0.3 is 9.29 Å². The van der Waals surface area contributed by atoms with Crippen molar-refractivity contribution in [1.82, 2.24) is 0 Å². The number of nitro groups is 1.